The number of halogens is 1. The molecule has 1 aliphatic carbocycles. The third-order valence-corrected chi connectivity index (χ3v) is 3.89. The second-order valence-electron chi connectivity index (χ2n) is 4.49. The van der Waals surface area contributed by atoms with Crippen molar-refractivity contribution in [3.8, 4) is 11.3 Å². The Hall–Kier alpha value is -1.55. The highest BCUT2D eigenvalue weighted by Gasteiger charge is 2.30. The molecule has 0 bridgehead atoms. The van der Waals surface area contributed by atoms with Gasteiger partial charge in [-0.3, -0.25) is 0 Å². The van der Waals surface area contributed by atoms with Gasteiger partial charge in [-0.2, -0.15) is 0 Å². The first-order valence-electron chi connectivity index (χ1n) is 5.88. The number of hydrogen-bond acceptors (Lipinski definition) is 1. The van der Waals surface area contributed by atoms with Crippen LogP contribution in [0.25, 0.3) is 11.3 Å². The minimum atomic E-state index is -0.861. The van der Waals surface area contributed by atoms with Gasteiger partial charge >= 0.3 is 5.97 Å². The Morgan fingerprint density at radius 3 is 2.56 bits per heavy atom. The molecule has 0 saturated heterocycles. The fourth-order valence-corrected chi connectivity index (χ4v) is 2.73. The molecule has 1 aromatic heterocycles. The lowest BCUT2D eigenvalue weighted by Gasteiger charge is -2.11. The van der Waals surface area contributed by atoms with Gasteiger partial charge in [0.05, 0.1) is 5.69 Å². The summed E-state index contributed by atoms with van der Waals surface area (Å²) < 4.78 is 2.93. The summed E-state index contributed by atoms with van der Waals surface area (Å²) in [5.74, 6) is -0.861. The topological polar surface area (TPSA) is 42.2 Å². The number of carboxylic acids is 1. The SMILES string of the molecule is O=C(O)c1ccc(-c2ccccc2Br)n1C1CC1. The Balaban J connectivity index is 2.18. The molecule has 18 heavy (non-hydrogen) atoms. The molecule has 0 amide bonds. The van der Waals surface area contributed by atoms with E-state index in [0.29, 0.717) is 11.7 Å². The number of rotatable bonds is 3. The number of carboxylic acid groups (broad SMARTS) is 1. The highest BCUT2D eigenvalue weighted by atomic mass is 79.9. The second-order valence-corrected chi connectivity index (χ2v) is 5.34. The molecule has 4 heteroatoms. The van der Waals surface area contributed by atoms with Gasteiger partial charge in [-0.1, -0.05) is 34.1 Å². The largest absolute Gasteiger partial charge is 0.477 e. The molecule has 3 rings (SSSR count). The predicted molar refractivity (Wildman–Crippen MR) is 72.8 cm³/mol. The second kappa shape index (κ2) is 4.28. The van der Waals surface area contributed by atoms with Crippen molar-refractivity contribution in [1.29, 1.82) is 0 Å². The molecular weight excluding hydrogens is 294 g/mol. The van der Waals surface area contributed by atoms with Gasteiger partial charge in [0.15, 0.2) is 0 Å². The summed E-state index contributed by atoms with van der Waals surface area (Å²) in [4.78, 5) is 11.3. The Morgan fingerprint density at radius 2 is 1.94 bits per heavy atom. The number of aromatic carboxylic acids is 1. The molecule has 2 aromatic rings. The molecule has 92 valence electrons. The van der Waals surface area contributed by atoms with E-state index in [1.54, 1.807) is 6.07 Å². The summed E-state index contributed by atoms with van der Waals surface area (Å²) in [7, 11) is 0. The fourth-order valence-electron chi connectivity index (χ4n) is 2.24. The van der Waals surface area contributed by atoms with E-state index in [4.69, 9.17) is 0 Å². The molecule has 1 heterocycles. The number of nitrogens with zero attached hydrogens (tertiary/aromatic N) is 1. The van der Waals surface area contributed by atoms with Crippen molar-refractivity contribution >= 4 is 21.9 Å². The lowest BCUT2D eigenvalue weighted by Crippen LogP contribution is -2.08. The zero-order valence-corrected chi connectivity index (χ0v) is 11.2. The highest BCUT2D eigenvalue weighted by Crippen LogP contribution is 2.41. The van der Waals surface area contributed by atoms with Gasteiger partial charge in [0.2, 0.25) is 0 Å². The number of aromatic nitrogens is 1. The number of benzene rings is 1. The van der Waals surface area contributed by atoms with Crippen LogP contribution in [0.5, 0.6) is 0 Å². The minimum Gasteiger partial charge on any atom is -0.477 e. The molecule has 0 atom stereocenters. The lowest BCUT2D eigenvalue weighted by atomic mass is 10.1. The maximum absolute atomic E-state index is 11.3. The Bertz CT molecular complexity index is 614. The van der Waals surface area contributed by atoms with Crippen LogP contribution in [0.1, 0.15) is 29.4 Å². The van der Waals surface area contributed by atoms with Crippen LogP contribution in [-0.4, -0.2) is 15.6 Å². The van der Waals surface area contributed by atoms with Crippen molar-refractivity contribution in [2.75, 3.05) is 0 Å². The molecule has 1 aliphatic rings. The molecule has 0 unspecified atom stereocenters. The lowest BCUT2D eigenvalue weighted by molar-refractivity contribution is 0.0685. The van der Waals surface area contributed by atoms with Gasteiger partial charge in [0.25, 0.3) is 0 Å². The molecule has 1 fully saturated rings. The third kappa shape index (κ3) is 1.86. The van der Waals surface area contributed by atoms with Gasteiger partial charge in [-0.15, -0.1) is 0 Å². The molecule has 1 N–H and O–H groups in total. The third-order valence-electron chi connectivity index (χ3n) is 3.20. The van der Waals surface area contributed by atoms with Crippen LogP contribution in [0.4, 0.5) is 0 Å². The fraction of sp³-hybridized carbons (Fsp3) is 0.214. The summed E-state index contributed by atoms with van der Waals surface area (Å²) >= 11 is 3.52. The van der Waals surface area contributed by atoms with Crippen molar-refractivity contribution in [1.82, 2.24) is 4.57 Å². The van der Waals surface area contributed by atoms with E-state index in [1.165, 1.54) is 0 Å². The van der Waals surface area contributed by atoms with Gasteiger partial charge < -0.3 is 9.67 Å². The summed E-state index contributed by atoms with van der Waals surface area (Å²) in [6.45, 7) is 0. The maximum atomic E-state index is 11.3. The first-order chi connectivity index (χ1) is 8.68. The Kier molecular flexibility index (Phi) is 2.74. The standard InChI is InChI=1S/C14H12BrNO2/c15-11-4-2-1-3-10(11)12-7-8-13(14(17)18)16(12)9-5-6-9/h1-4,7-9H,5-6H2,(H,17,18). The highest BCUT2D eigenvalue weighted by molar-refractivity contribution is 9.10. The average Bonchev–Trinajstić information content (AvgIpc) is 3.09. The molecule has 0 radical (unpaired) electrons. The average molecular weight is 306 g/mol. The van der Waals surface area contributed by atoms with Crippen molar-refractivity contribution in [3.05, 3.63) is 46.6 Å². The van der Waals surface area contributed by atoms with Crippen molar-refractivity contribution < 1.29 is 9.90 Å². The molecule has 3 nitrogen and oxygen atoms in total. The molecule has 1 aromatic carbocycles. The quantitative estimate of drug-likeness (QED) is 0.933. The number of carbonyl (C=O) groups is 1. The normalized spacial score (nSPS) is 14.7. The van der Waals surface area contributed by atoms with Crippen LogP contribution in [0.15, 0.2) is 40.9 Å². The van der Waals surface area contributed by atoms with Crippen LogP contribution >= 0.6 is 15.9 Å². The van der Waals surface area contributed by atoms with Crippen LogP contribution < -0.4 is 0 Å². The molecule has 0 spiro atoms. The first kappa shape index (κ1) is 11.5. The Morgan fingerprint density at radius 1 is 1.22 bits per heavy atom. The van der Waals surface area contributed by atoms with Crippen molar-refractivity contribution in [2.45, 2.75) is 18.9 Å². The van der Waals surface area contributed by atoms with E-state index in [9.17, 15) is 9.90 Å². The Labute approximate surface area is 113 Å². The summed E-state index contributed by atoms with van der Waals surface area (Å²) in [5.41, 5.74) is 2.39. The van der Waals surface area contributed by atoms with E-state index in [1.807, 2.05) is 34.9 Å². The van der Waals surface area contributed by atoms with Crippen molar-refractivity contribution in [3.63, 3.8) is 0 Å². The van der Waals surface area contributed by atoms with E-state index < -0.39 is 5.97 Å². The van der Waals surface area contributed by atoms with Gasteiger partial charge in [-0.25, -0.2) is 4.79 Å². The van der Waals surface area contributed by atoms with Crippen LogP contribution in [0.3, 0.4) is 0 Å². The van der Waals surface area contributed by atoms with Crippen LogP contribution in [-0.2, 0) is 0 Å². The zero-order chi connectivity index (χ0) is 12.7. The van der Waals surface area contributed by atoms with Gasteiger partial charge in [0, 0.05) is 16.1 Å². The van der Waals surface area contributed by atoms with E-state index in [-0.39, 0.29) is 0 Å². The maximum Gasteiger partial charge on any atom is 0.352 e. The first-order valence-corrected chi connectivity index (χ1v) is 6.67. The van der Waals surface area contributed by atoms with E-state index in [2.05, 4.69) is 15.9 Å². The van der Waals surface area contributed by atoms with Crippen LogP contribution in [0.2, 0.25) is 0 Å². The molecule has 1 saturated carbocycles. The predicted octanol–water partition coefficient (Wildman–Crippen LogP) is 3.95. The van der Waals surface area contributed by atoms with Crippen molar-refractivity contribution in [2.24, 2.45) is 0 Å². The monoisotopic (exact) mass is 305 g/mol. The van der Waals surface area contributed by atoms with E-state index in [0.717, 1.165) is 28.6 Å². The smallest absolute Gasteiger partial charge is 0.352 e. The van der Waals surface area contributed by atoms with E-state index >= 15 is 0 Å². The van der Waals surface area contributed by atoms with Gasteiger partial charge in [0.1, 0.15) is 5.69 Å². The molecular formula is C14H12BrNO2. The minimum absolute atomic E-state index is 0.341. The van der Waals surface area contributed by atoms with Crippen LogP contribution in [0, 0.1) is 0 Å². The van der Waals surface area contributed by atoms with Gasteiger partial charge in [-0.05, 0) is 31.0 Å². The summed E-state index contributed by atoms with van der Waals surface area (Å²) in [5, 5.41) is 9.24. The summed E-state index contributed by atoms with van der Waals surface area (Å²) in [6, 6.07) is 11.8. The number of hydrogen-bond donors (Lipinski definition) is 1. The molecule has 0 aliphatic heterocycles. The zero-order valence-electron chi connectivity index (χ0n) is 9.64. The summed E-state index contributed by atoms with van der Waals surface area (Å²) in [6.07, 6.45) is 2.12.